The van der Waals surface area contributed by atoms with Gasteiger partial charge in [-0.15, -0.1) is 0 Å². The second-order valence-electron chi connectivity index (χ2n) is 6.47. The van der Waals surface area contributed by atoms with Crippen molar-refractivity contribution in [3.63, 3.8) is 0 Å². The Bertz CT molecular complexity index is 994. The van der Waals surface area contributed by atoms with Crippen LogP contribution in [0.2, 0.25) is 0 Å². The van der Waals surface area contributed by atoms with E-state index in [9.17, 15) is 9.59 Å². The van der Waals surface area contributed by atoms with Crippen molar-refractivity contribution in [2.45, 2.75) is 20.8 Å². The molecule has 0 aliphatic heterocycles. The summed E-state index contributed by atoms with van der Waals surface area (Å²) in [5.41, 5.74) is 4.13. The summed E-state index contributed by atoms with van der Waals surface area (Å²) < 4.78 is 1.73. The third-order valence-electron chi connectivity index (χ3n) is 3.94. The average Bonchev–Trinajstić information content (AvgIpc) is 2.99. The van der Waals surface area contributed by atoms with Gasteiger partial charge in [-0.25, -0.2) is 14.5 Å². The summed E-state index contributed by atoms with van der Waals surface area (Å²) in [6.45, 7) is 5.65. The first-order valence-corrected chi connectivity index (χ1v) is 8.82. The van der Waals surface area contributed by atoms with Crippen LogP contribution >= 0.6 is 0 Å². The summed E-state index contributed by atoms with van der Waals surface area (Å²) in [4.78, 5) is 28.3. The summed E-state index contributed by atoms with van der Waals surface area (Å²) in [7, 11) is 0. The summed E-state index contributed by atoms with van der Waals surface area (Å²) in [5, 5.41) is 12.3. The molecule has 0 unspecified atom stereocenters. The van der Waals surface area contributed by atoms with Crippen molar-refractivity contribution < 1.29 is 9.59 Å². The first-order valence-electron chi connectivity index (χ1n) is 8.82. The highest BCUT2D eigenvalue weighted by atomic mass is 16.2. The quantitative estimate of drug-likeness (QED) is 0.635. The number of hydrogen-bond acceptors (Lipinski definition) is 4. The number of amides is 3. The van der Waals surface area contributed by atoms with Gasteiger partial charge in [0, 0.05) is 11.4 Å². The summed E-state index contributed by atoms with van der Waals surface area (Å²) in [6, 6.07) is 12.4. The molecule has 1 aromatic carbocycles. The van der Waals surface area contributed by atoms with Gasteiger partial charge in [-0.3, -0.25) is 4.79 Å². The first-order chi connectivity index (χ1) is 13.4. The van der Waals surface area contributed by atoms with Gasteiger partial charge < -0.3 is 16.0 Å². The zero-order chi connectivity index (χ0) is 20.1. The molecule has 0 atom stereocenters. The Hall–Kier alpha value is -3.68. The molecule has 144 valence electrons. The van der Waals surface area contributed by atoms with Gasteiger partial charge in [0.15, 0.2) is 5.82 Å². The highest BCUT2D eigenvalue weighted by Gasteiger charge is 2.08. The smallest absolute Gasteiger partial charge is 0.319 e. The Balaban J connectivity index is 1.50. The molecular formula is C20H22N6O2. The van der Waals surface area contributed by atoms with E-state index in [4.69, 9.17) is 0 Å². The molecule has 2 heterocycles. The molecule has 3 N–H and O–H groups in total. The lowest BCUT2D eigenvalue weighted by Crippen LogP contribution is -2.35. The monoisotopic (exact) mass is 378 g/mol. The first kappa shape index (κ1) is 19.1. The summed E-state index contributed by atoms with van der Waals surface area (Å²) in [6.07, 6.45) is 1.55. The van der Waals surface area contributed by atoms with Crippen molar-refractivity contribution in [2.24, 2.45) is 0 Å². The predicted octanol–water partition coefficient (Wildman–Crippen LogP) is 2.95. The predicted molar refractivity (Wildman–Crippen MR) is 108 cm³/mol. The third kappa shape index (κ3) is 4.94. The minimum atomic E-state index is -0.446. The van der Waals surface area contributed by atoms with Gasteiger partial charge in [0.2, 0.25) is 5.91 Å². The van der Waals surface area contributed by atoms with Gasteiger partial charge in [0.1, 0.15) is 0 Å². The van der Waals surface area contributed by atoms with E-state index in [1.165, 1.54) is 0 Å². The topological polar surface area (TPSA) is 101 Å². The molecule has 0 saturated carbocycles. The number of pyridine rings is 1. The number of aromatic nitrogens is 3. The van der Waals surface area contributed by atoms with Crippen LogP contribution in [0, 0.1) is 20.8 Å². The maximum Gasteiger partial charge on any atom is 0.319 e. The van der Waals surface area contributed by atoms with Gasteiger partial charge in [-0.2, -0.15) is 5.10 Å². The van der Waals surface area contributed by atoms with Gasteiger partial charge in [-0.1, -0.05) is 12.1 Å². The zero-order valence-corrected chi connectivity index (χ0v) is 16.0. The number of nitrogens with zero attached hydrogens (tertiary/aromatic N) is 3. The van der Waals surface area contributed by atoms with Crippen molar-refractivity contribution in [3.05, 3.63) is 65.6 Å². The molecule has 0 aliphatic carbocycles. The molecule has 2 aromatic heterocycles. The minimum absolute atomic E-state index is 0.156. The second kappa shape index (κ2) is 8.34. The lowest BCUT2D eigenvalue weighted by Gasteiger charge is -2.09. The number of hydrogen-bond donors (Lipinski definition) is 3. The number of carbonyl (C=O) groups is 2. The fourth-order valence-electron chi connectivity index (χ4n) is 2.71. The Kier molecular flexibility index (Phi) is 5.69. The van der Waals surface area contributed by atoms with E-state index >= 15 is 0 Å². The van der Waals surface area contributed by atoms with Crippen LogP contribution in [0.3, 0.4) is 0 Å². The SMILES string of the molecule is Cc1cccc(NC(=O)NCC(=O)Nc2ccc(-n3nc(C)cc3C)nc2)c1. The summed E-state index contributed by atoms with van der Waals surface area (Å²) in [5.74, 6) is 0.319. The van der Waals surface area contributed by atoms with Crippen LogP contribution in [0.15, 0.2) is 48.7 Å². The molecule has 0 aliphatic rings. The standard InChI is InChI=1S/C20H22N6O2/c1-13-5-4-6-16(9-13)24-20(28)22-12-19(27)23-17-7-8-18(21-11-17)26-15(3)10-14(2)25-26/h4-11H,12H2,1-3H3,(H,23,27)(H2,22,24,28). The van der Waals surface area contributed by atoms with E-state index in [1.54, 1.807) is 29.1 Å². The maximum atomic E-state index is 12.0. The zero-order valence-electron chi connectivity index (χ0n) is 16.0. The summed E-state index contributed by atoms with van der Waals surface area (Å²) >= 11 is 0. The van der Waals surface area contributed by atoms with Crippen molar-refractivity contribution in [2.75, 3.05) is 17.2 Å². The number of nitrogens with one attached hydrogen (secondary N) is 3. The highest BCUT2D eigenvalue weighted by molar-refractivity contribution is 5.96. The van der Waals surface area contributed by atoms with E-state index in [1.807, 2.05) is 45.0 Å². The molecule has 8 nitrogen and oxygen atoms in total. The van der Waals surface area contributed by atoms with E-state index in [2.05, 4.69) is 26.0 Å². The minimum Gasteiger partial charge on any atom is -0.329 e. The molecule has 0 bridgehead atoms. The molecular weight excluding hydrogens is 356 g/mol. The molecule has 28 heavy (non-hydrogen) atoms. The number of aryl methyl sites for hydroxylation is 3. The van der Waals surface area contributed by atoms with E-state index < -0.39 is 6.03 Å². The Labute approximate surface area is 163 Å². The highest BCUT2D eigenvalue weighted by Crippen LogP contribution is 2.12. The van der Waals surface area contributed by atoms with Gasteiger partial charge >= 0.3 is 6.03 Å². The normalized spacial score (nSPS) is 10.4. The number of anilines is 2. The Morgan fingerprint density at radius 3 is 2.46 bits per heavy atom. The van der Waals surface area contributed by atoms with Crippen LogP contribution in [-0.4, -0.2) is 33.2 Å². The fraction of sp³-hybridized carbons (Fsp3) is 0.200. The Morgan fingerprint density at radius 2 is 1.82 bits per heavy atom. The third-order valence-corrected chi connectivity index (χ3v) is 3.94. The molecule has 3 amide bonds. The van der Waals surface area contributed by atoms with Gasteiger partial charge in [-0.05, 0) is 56.7 Å². The van der Waals surface area contributed by atoms with Gasteiger partial charge in [0.25, 0.3) is 0 Å². The van der Waals surface area contributed by atoms with Crippen molar-refractivity contribution in [3.8, 4) is 5.82 Å². The van der Waals surface area contributed by atoms with Crippen LogP contribution in [-0.2, 0) is 4.79 Å². The fourth-order valence-corrected chi connectivity index (χ4v) is 2.71. The second-order valence-corrected chi connectivity index (χ2v) is 6.47. The molecule has 3 aromatic rings. The molecule has 8 heteroatoms. The lowest BCUT2D eigenvalue weighted by atomic mass is 10.2. The number of carbonyl (C=O) groups excluding carboxylic acids is 2. The average molecular weight is 378 g/mol. The van der Waals surface area contributed by atoms with Crippen LogP contribution in [0.4, 0.5) is 16.2 Å². The largest absolute Gasteiger partial charge is 0.329 e. The number of urea groups is 1. The van der Waals surface area contributed by atoms with Crippen molar-refractivity contribution >= 4 is 23.3 Å². The lowest BCUT2D eigenvalue weighted by molar-refractivity contribution is -0.115. The van der Waals surface area contributed by atoms with Crippen LogP contribution in [0.1, 0.15) is 17.0 Å². The molecule has 0 spiro atoms. The number of benzene rings is 1. The molecule has 3 rings (SSSR count). The van der Waals surface area contributed by atoms with E-state index in [0.717, 1.165) is 17.0 Å². The van der Waals surface area contributed by atoms with Crippen molar-refractivity contribution in [1.82, 2.24) is 20.1 Å². The molecule has 0 fully saturated rings. The van der Waals surface area contributed by atoms with Crippen LogP contribution in [0.25, 0.3) is 5.82 Å². The van der Waals surface area contributed by atoms with E-state index in [0.29, 0.717) is 17.2 Å². The Morgan fingerprint density at radius 1 is 1.00 bits per heavy atom. The molecule has 0 radical (unpaired) electrons. The maximum absolute atomic E-state index is 12.0. The number of rotatable bonds is 5. The van der Waals surface area contributed by atoms with Crippen molar-refractivity contribution in [1.29, 1.82) is 0 Å². The molecule has 0 saturated heterocycles. The van der Waals surface area contributed by atoms with Gasteiger partial charge in [0.05, 0.1) is 24.1 Å². The van der Waals surface area contributed by atoms with E-state index in [-0.39, 0.29) is 12.5 Å². The van der Waals surface area contributed by atoms with Crippen LogP contribution in [0.5, 0.6) is 0 Å². The van der Waals surface area contributed by atoms with Crippen LogP contribution < -0.4 is 16.0 Å².